The van der Waals surface area contributed by atoms with Crippen LogP contribution < -0.4 is 5.32 Å². The van der Waals surface area contributed by atoms with Crippen LogP contribution in [0.15, 0.2) is 0 Å². The molecule has 0 aliphatic heterocycles. The summed E-state index contributed by atoms with van der Waals surface area (Å²) in [6.07, 6.45) is 4.54. The van der Waals surface area contributed by atoms with E-state index in [2.05, 4.69) is 20.5 Å². The Morgan fingerprint density at radius 2 is 2.36 bits per heavy atom. The molecule has 1 aromatic rings. The second-order valence-electron chi connectivity index (χ2n) is 3.76. The van der Waals surface area contributed by atoms with Crippen molar-refractivity contribution in [3.63, 3.8) is 0 Å². The van der Waals surface area contributed by atoms with Gasteiger partial charge >= 0.3 is 0 Å². The third-order valence-electron chi connectivity index (χ3n) is 2.65. The fraction of sp³-hybridized carbons (Fsp3) is 0.778. The van der Waals surface area contributed by atoms with Crippen LogP contribution in [0, 0.1) is 5.92 Å². The monoisotopic (exact) mass is 196 g/mol. The molecule has 3 N–H and O–H groups in total. The van der Waals surface area contributed by atoms with Crippen molar-refractivity contribution in [3.8, 4) is 0 Å². The van der Waals surface area contributed by atoms with Gasteiger partial charge in [-0.15, -0.1) is 5.10 Å². The maximum absolute atomic E-state index is 8.69. The van der Waals surface area contributed by atoms with Crippen molar-refractivity contribution in [2.75, 3.05) is 18.5 Å². The van der Waals surface area contributed by atoms with Crippen LogP contribution in [-0.4, -0.2) is 33.4 Å². The van der Waals surface area contributed by atoms with Crippen molar-refractivity contribution in [1.82, 2.24) is 15.2 Å². The lowest BCUT2D eigenvalue weighted by Gasteiger charge is -2.24. The molecule has 5 heteroatoms. The fourth-order valence-corrected chi connectivity index (χ4v) is 1.52. The molecule has 0 amide bonds. The molecular formula is C9H16N4O. The van der Waals surface area contributed by atoms with Gasteiger partial charge in [0.25, 0.3) is 0 Å². The van der Waals surface area contributed by atoms with Crippen molar-refractivity contribution >= 4 is 5.95 Å². The fourth-order valence-electron chi connectivity index (χ4n) is 1.52. The van der Waals surface area contributed by atoms with E-state index in [1.54, 1.807) is 0 Å². The second kappa shape index (κ2) is 4.41. The molecule has 0 spiro atoms. The highest BCUT2D eigenvalue weighted by Crippen LogP contribution is 2.25. The molecule has 2 rings (SSSR count). The molecule has 0 saturated heterocycles. The summed E-state index contributed by atoms with van der Waals surface area (Å²) in [6.45, 7) is 1.08. The van der Waals surface area contributed by atoms with Gasteiger partial charge in [0, 0.05) is 13.0 Å². The Morgan fingerprint density at radius 3 is 3.00 bits per heavy atom. The summed E-state index contributed by atoms with van der Waals surface area (Å²) in [6, 6.07) is 0. The summed E-state index contributed by atoms with van der Waals surface area (Å²) in [5.74, 6) is 2.19. The summed E-state index contributed by atoms with van der Waals surface area (Å²) in [5.41, 5.74) is 0. The van der Waals surface area contributed by atoms with E-state index in [-0.39, 0.29) is 6.61 Å². The first kappa shape index (κ1) is 9.45. The Bertz CT molecular complexity index is 282. The Balaban J connectivity index is 1.77. The lowest BCUT2D eigenvalue weighted by molar-refractivity contribution is 0.297. The molecule has 1 saturated carbocycles. The molecule has 0 aromatic carbocycles. The van der Waals surface area contributed by atoms with Gasteiger partial charge in [-0.2, -0.15) is 4.98 Å². The van der Waals surface area contributed by atoms with Crippen molar-refractivity contribution in [1.29, 1.82) is 0 Å². The first-order valence-electron chi connectivity index (χ1n) is 5.14. The number of aromatic nitrogens is 3. The molecule has 78 valence electrons. The molecule has 1 aliphatic carbocycles. The Labute approximate surface area is 82.9 Å². The molecule has 5 nitrogen and oxygen atoms in total. The molecule has 1 aromatic heterocycles. The van der Waals surface area contributed by atoms with E-state index < -0.39 is 0 Å². The van der Waals surface area contributed by atoms with Gasteiger partial charge in [-0.05, 0) is 18.8 Å². The van der Waals surface area contributed by atoms with E-state index in [0.29, 0.717) is 12.4 Å². The first-order chi connectivity index (χ1) is 6.88. The molecule has 1 heterocycles. The van der Waals surface area contributed by atoms with Crippen molar-refractivity contribution in [3.05, 3.63) is 5.82 Å². The van der Waals surface area contributed by atoms with E-state index in [0.717, 1.165) is 18.3 Å². The lowest BCUT2D eigenvalue weighted by Crippen LogP contribution is -2.21. The maximum Gasteiger partial charge on any atom is 0.242 e. The zero-order valence-electron chi connectivity index (χ0n) is 8.16. The number of hydrogen-bond acceptors (Lipinski definition) is 4. The van der Waals surface area contributed by atoms with Crippen LogP contribution >= 0.6 is 0 Å². The van der Waals surface area contributed by atoms with Crippen LogP contribution in [0.2, 0.25) is 0 Å². The number of aromatic amines is 1. The zero-order chi connectivity index (χ0) is 9.80. The van der Waals surface area contributed by atoms with E-state index in [1.807, 2.05) is 0 Å². The normalized spacial score (nSPS) is 16.6. The number of hydrogen-bond donors (Lipinski definition) is 3. The van der Waals surface area contributed by atoms with Gasteiger partial charge in [-0.25, -0.2) is 0 Å². The Kier molecular flexibility index (Phi) is 2.98. The number of nitrogens with one attached hydrogen (secondary N) is 2. The quantitative estimate of drug-likeness (QED) is 0.643. The number of H-pyrrole nitrogens is 1. The predicted octanol–water partition coefficient (Wildman–Crippen LogP) is 0.551. The maximum atomic E-state index is 8.69. The van der Waals surface area contributed by atoms with Gasteiger partial charge in [-0.3, -0.25) is 5.10 Å². The molecule has 1 fully saturated rings. The number of rotatable bonds is 5. The SMILES string of the molecule is OCCc1nc(NCC2CCC2)n[nH]1. The van der Waals surface area contributed by atoms with Gasteiger partial charge in [0.2, 0.25) is 5.95 Å². The lowest BCUT2D eigenvalue weighted by atomic mass is 9.85. The highest BCUT2D eigenvalue weighted by atomic mass is 16.3. The summed E-state index contributed by atoms with van der Waals surface area (Å²) in [4.78, 5) is 4.19. The van der Waals surface area contributed by atoms with Gasteiger partial charge in [0.1, 0.15) is 5.82 Å². The molecular weight excluding hydrogens is 180 g/mol. The predicted molar refractivity (Wildman–Crippen MR) is 53.0 cm³/mol. The van der Waals surface area contributed by atoms with Gasteiger partial charge < -0.3 is 10.4 Å². The summed E-state index contributed by atoms with van der Waals surface area (Å²) < 4.78 is 0. The topological polar surface area (TPSA) is 73.8 Å². The zero-order valence-corrected chi connectivity index (χ0v) is 8.16. The van der Waals surface area contributed by atoms with E-state index >= 15 is 0 Å². The van der Waals surface area contributed by atoms with Crippen LogP contribution in [0.3, 0.4) is 0 Å². The minimum Gasteiger partial charge on any atom is -0.396 e. The van der Waals surface area contributed by atoms with Crippen LogP contribution in [0.1, 0.15) is 25.1 Å². The minimum atomic E-state index is 0.108. The van der Waals surface area contributed by atoms with Crippen LogP contribution in [0.5, 0.6) is 0 Å². The van der Waals surface area contributed by atoms with E-state index in [1.165, 1.54) is 19.3 Å². The second-order valence-corrected chi connectivity index (χ2v) is 3.76. The molecule has 14 heavy (non-hydrogen) atoms. The number of aliphatic hydroxyl groups is 1. The molecule has 1 aliphatic rings. The van der Waals surface area contributed by atoms with Crippen molar-refractivity contribution < 1.29 is 5.11 Å². The van der Waals surface area contributed by atoms with Gasteiger partial charge in [-0.1, -0.05) is 6.42 Å². The van der Waals surface area contributed by atoms with Crippen molar-refractivity contribution in [2.24, 2.45) is 5.92 Å². The van der Waals surface area contributed by atoms with E-state index in [9.17, 15) is 0 Å². The summed E-state index contributed by atoms with van der Waals surface area (Å²) >= 11 is 0. The van der Waals surface area contributed by atoms with Crippen molar-refractivity contribution in [2.45, 2.75) is 25.7 Å². The summed E-state index contributed by atoms with van der Waals surface area (Å²) in [7, 11) is 0. The van der Waals surface area contributed by atoms with Crippen LogP contribution in [0.25, 0.3) is 0 Å². The number of nitrogens with zero attached hydrogens (tertiary/aromatic N) is 2. The van der Waals surface area contributed by atoms with Gasteiger partial charge in [0.05, 0.1) is 6.61 Å². The molecule has 0 atom stereocenters. The average molecular weight is 196 g/mol. The standard InChI is InChI=1S/C9H16N4O/c14-5-4-8-11-9(13-12-8)10-6-7-2-1-3-7/h7,14H,1-6H2,(H2,10,11,12,13). The Morgan fingerprint density at radius 1 is 1.50 bits per heavy atom. The van der Waals surface area contributed by atoms with Crippen LogP contribution in [-0.2, 0) is 6.42 Å². The van der Waals surface area contributed by atoms with E-state index in [4.69, 9.17) is 5.11 Å². The number of anilines is 1. The third kappa shape index (κ3) is 2.23. The molecule has 0 bridgehead atoms. The largest absolute Gasteiger partial charge is 0.396 e. The molecule has 0 unspecified atom stereocenters. The smallest absolute Gasteiger partial charge is 0.242 e. The average Bonchev–Trinajstić information content (AvgIpc) is 2.51. The Hall–Kier alpha value is -1.10. The highest BCUT2D eigenvalue weighted by Gasteiger charge is 2.17. The van der Waals surface area contributed by atoms with Crippen LogP contribution in [0.4, 0.5) is 5.95 Å². The van der Waals surface area contributed by atoms with Gasteiger partial charge in [0.15, 0.2) is 0 Å². The minimum absolute atomic E-state index is 0.108. The molecule has 0 radical (unpaired) electrons. The highest BCUT2D eigenvalue weighted by molar-refractivity contribution is 5.22. The summed E-state index contributed by atoms with van der Waals surface area (Å²) in [5, 5.41) is 18.7. The first-order valence-corrected chi connectivity index (χ1v) is 5.14. The third-order valence-corrected chi connectivity index (χ3v) is 2.65. The number of aliphatic hydroxyl groups excluding tert-OH is 1.